The van der Waals surface area contributed by atoms with Crippen LogP contribution in [0.2, 0.25) is 0 Å². The van der Waals surface area contributed by atoms with Crippen LogP contribution in [-0.2, 0) is 0 Å². The fourth-order valence-electron chi connectivity index (χ4n) is 2.85. The molecule has 0 atom stereocenters. The number of fused-ring (bicyclic) bond motifs is 5. The number of aromatic nitrogens is 1. The summed E-state index contributed by atoms with van der Waals surface area (Å²) in [5.41, 5.74) is 0.766. The average Bonchev–Trinajstić information content (AvgIpc) is 2.53. The van der Waals surface area contributed by atoms with Gasteiger partial charge in [-0.05, 0) is 22.2 Å². The van der Waals surface area contributed by atoms with E-state index in [9.17, 15) is 10.1 Å². The van der Waals surface area contributed by atoms with Crippen LogP contribution in [0.1, 0.15) is 0 Å². The second-order valence-electron chi connectivity index (χ2n) is 4.93. The summed E-state index contributed by atoms with van der Waals surface area (Å²) in [5, 5.41) is 16.0. The maximum atomic E-state index is 11.1. The van der Waals surface area contributed by atoms with E-state index in [0.29, 0.717) is 10.9 Å². The maximum Gasteiger partial charge on any atom is 0.280 e. The molecule has 0 unspecified atom stereocenters. The van der Waals surface area contributed by atoms with Crippen molar-refractivity contribution in [2.24, 2.45) is 0 Å². The summed E-state index contributed by atoms with van der Waals surface area (Å²) in [6.45, 7) is 0. The minimum Gasteiger partial charge on any atom is -0.258 e. The average molecular weight is 274 g/mol. The molecule has 4 nitrogen and oxygen atoms in total. The van der Waals surface area contributed by atoms with E-state index in [2.05, 4.69) is 17.1 Å². The van der Waals surface area contributed by atoms with E-state index in [0.717, 1.165) is 21.5 Å². The minimum absolute atomic E-state index is 0.0926. The van der Waals surface area contributed by atoms with Crippen LogP contribution < -0.4 is 0 Å². The van der Waals surface area contributed by atoms with Crippen LogP contribution in [-0.4, -0.2) is 9.91 Å². The largest absolute Gasteiger partial charge is 0.280 e. The summed E-state index contributed by atoms with van der Waals surface area (Å²) >= 11 is 0. The Morgan fingerprint density at radius 3 is 2.43 bits per heavy atom. The van der Waals surface area contributed by atoms with Gasteiger partial charge in [0.25, 0.3) is 5.69 Å². The molecule has 100 valence electrons. The van der Waals surface area contributed by atoms with Crippen molar-refractivity contribution in [3.63, 3.8) is 0 Å². The maximum absolute atomic E-state index is 11.1. The summed E-state index contributed by atoms with van der Waals surface area (Å²) in [4.78, 5) is 15.1. The topological polar surface area (TPSA) is 56.0 Å². The first kappa shape index (κ1) is 11.8. The van der Waals surface area contributed by atoms with Gasteiger partial charge in [0.05, 0.1) is 15.8 Å². The van der Waals surface area contributed by atoms with Gasteiger partial charge in [0.15, 0.2) is 0 Å². The van der Waals surface area contributed by atoms with E-state index < -0.39 is 0 Å². The first-order chi connectivity index (χ1) is 10.3. The quantitative estimate of drug-likeness (QED) is 0.293. The molecule has 0 saturated heterocycles. The number of hydrogen-bond donors (Lipinski definition) is 0. The molecule has 4 heteroatoms. The molecule has 0 fully saturated rings. The molecule has 4 aromatic rings. The monoisotopic (exact) mass is 274 g/mol. The summed E-state index contributed by atoms with van der Waals surface area (Å²) in [5.74, 6) is 0. The molecule has 0 aliphatic carbocycles. The van der Waals surface area contributed by atoms with Crippen molar-refractivity contribution in [3.05, 3.63) is 70.9 Å². The molecule has 4 rings (SSSR count). The lowest BCUT2D eigenvalue weighted by atomic mass is 9.99. The van der Waals surface area contributed by atoms with Gasteiger partial charge in [0, 0.05) is 17.6 Å². The smallest absolute Gasteiger partial charge is 0.258 e. The number of rotatable bonds is 1. The van der Waals surface area contributed by atoms with Crippen LogP contribution in [0.3, 0.4) is 0 Å². The summed E-state index contributed by atoms with van der Waals surface area (Å²) in [6.07, 6.45) is 1.50. The van der Waals surface area contributed by atoms with Crippen LogP contribution in [0.4, 0.5) is 5.69 Å². The first-order valence-electron chi connectivity index (χ1n) is 6.59. The van der Waals surface area contributed by atoms with Gasteiger partial charge in [0.1, 0.15) is 0 Å². The van der Waals surface area contributed by atoms with Crippen molar-refractivity contribution < 1.29 is 4.92 Å². The fourth-order valence-corrected chi connectivity index (χ4v) is 2.85. The van der Waals surface area contributed by atoms with Crippen LogP contribution in [0.15, 0.2) is 60.8 Å². The van der Waals surface area contributed by atoms with Gasteiger partial charge >= 0.3 is 0 Å². The van der Waals surface area contributed by atoms with Crippen LogP contribution in [0.25, 0.3) is 32.4 Å². The van der Waals surface area contributed by atoms with Gasteiger partial charge in [-0.15, -0.1) is 0 Å². The molecular formula is C17H10N2O2. The molecule has 0 saturated carbocycles. The first-order valence-corrected chi connectivity index (χ1v) is 6.59. The van der Waals surface area contributed by atoms with Crippen LogP contribution in [0, 0.1) is 10.1 Å². The molecular weight excluding hydrogens is 264 g/mol. The van der Waals surface area contributed by atoms with Gasteiger partial charge < -0.3 is 0 Å². The highest BCUT2D eigenvalue weighted by Gasteiger charge is 2.14. The highest BCUT2D eigenvalue weighted by molar-refractivity contribution is 6.17. The van der Waals surface area contributed by atoms with E-state index >= 15 is 0 Å². The van der Waals surface area contributed by atoms with Crippen molar-refractivity contribution >= 4 is 38.1 Å². The molecule has 1 aromatic heterocycles. The lowest BCUT2D eigenvalue weighted by Crippen LogP contribution is -1.91. The van der Waals surface area contributed by atoms with Gasteiger partial charge in [0.2, 0.25) is 0 Å². The SMILES string of the molecule is O=[N+]([O-])c1ccnc2c1ccc1c3ccccc3ccc12. The van der Waals surface area contributed by atoms with E-state index in [-0.39, 0.29) is 10.6 Å². The third-order valence-corrected chi connectivity index (χ3v) is 3.81. The summed E-state index contributed by atoms with van der Waals surface area (Å²) in [6, 6.07) is 17.3. The third-order valence-electron chi connectivity index (χ3n) is 3.81. The van der Waals surface area contributed by atoms with Gasteiger partial charge in [-0.3, -0.25) is 15.1 Å². The molecule has 21 heavy (non-hydrogen) atoms. The Morgan fingerprint density at radius 1 is 0.810 bits per heavy atom. The van der Waals surface area contributed by atoms with Crippen LogP contribution in [0.5, 0.6) is 0 Å². The second-order valence-corrected chi connectivity index (χ2v) is 4.93. The molecule has 0 bridgehead atoms. The molecule has 0 spiro atoms. The molecule has 0 aliphatic heterocycles. The molecule has 1 heterocycles. The number of pyridine rings is 1. The van der Waals surface area contributed by atoms with E-state index in [1.807, 2.05) is 30.3 Å². The Balaban J connectivity index is 2.23. The van der Waals surface area contributed by atoms with Crippen molar-refractivity contribution in [1.82, 2.24) is 4.98 Å². The lowest BCUT2D eigenvalue weighted by molar-refractivity contribution is -0.383. The Bertz CT molecular complexity index is 1020. The van der Waals surface area contributed by atoms with Gasteiger partial charge in [-0.25, -0.2) is 0 Å². The Kier molecular flexibility index (Phi) is 2.38. The van der Waals surface area contributed by atoms with Gasteiger partial charge in [-0.2, -0.15) is 0 Å². The molecule has 0 amide bonds. The van der Waals surface area contributed by atoms with Crippen molar-refractivity contribution in [2.45, 2.75) is 0 Å². The standard InChI is InChI=1S/C17H10N2O2/c20-19(21)16-9-10-18-17-14-6-5-11-3-1-2-4-12(11)13(14)7-8-15(16)17/h1-10H. The van der Waals surface area contributed by atoms with E-state index in [1.54, 1.807) is 6.07 Å². The number of benzene rings is 3. The Morgan fingerprint density at radius 2 is 1.57 bits per heavy atom. The van der Waals surface area contributed by atoms with Crippen molar-refractivity contribution in [3.8, 4) is 0 Å². The highest BCUT2D eigenvalue weighted by Crippen LogP contribution is 2.33. The Hall–Kier alpha value is -3.01. The minimum atomic E-state index is -0.364. The van der Waals surface area contributed by atoms with E-state index in [1.165, 1.54) is 12.3 Å². The Labute approximate surface area is 119 Å². The molecule has 0 N–H and O–H groups in total. The fraction of sp³-hybridized carbons (Fsp3) is 0. The predicted molar refractivity (Wildman–Crippen MR) is 83.4 cm³/mol. The predicted octanol–water partition coefficient (Wildman–Crippen LogP) is 4.45. The summed E-state index contributed by atoms with van der Waals surface area (Å²) in [7, 11) is 0. The highest BCUT2D eigenvalue weighted by atomic mass is 16.6. The molecule has 0 aliphatic rings. The van der Waals surface area contributed by atoms with Crippen LogP contribution >= 0.6 is 0 Å². The van der Waals surface area contributed by atoms with Crippen molar-refractivity contribution in [2.75, 3.05) is 0 Å². The number of hydrogen-bond acceptors (Lipinski definition) is 3. The lowest BCUT2D eigenvalue weighted by Gasteiger charge is -2.06. The summed E-state index contributed by atoms with van der Waals surface area (Å²) < 4.78 is 0. The molecule has 3 aromatic carbocycles. The second kappa shape index (κ2) is 4.24. The zero-order valence-electron chi connectivity index (χ0n) is 11.0. The van der Waals surface area contributed by atoms with Gasteiger partial charge in [-0.1, -0.05) is 42.5 Å². The zero-order chi connectivity index (χ0) is 14.4. The number of nitrogens with zero attached hydrogens (tertiary/aromatic N) is 2. The van der Waals surface area contributed by atoms with Crippen molar-refractivity contribution in [1.29, 1.82) is 0 Å². The van der Waals surface area contributed by atoms with E-state index in [4.69, 9.17) is 0 Å². The number of nitro groups is 1. The normalized spacial score (nSPS) is 11.2. The third kappa shape index (κ3) is 1.66. The molecule has 0 radical (unpaired) electrons. The zero-order valence-corrected chi connectivity index (χ0v) is 11.0.